The van der Waals surface area contributed by atoms with Crippen molar-refractivity contribution < 1.29 is 13.9 Å². The SMILES string of the molecule is CCOc1ccc(NC(=O)c2coc(C)c2)cc1CCl. The van der Waals surface area contributed by atoms with Crippen molar-refractivity contribution in [3.05, 3.63) is 47.4 Å². The van der Waals surface area contributed by atoms with E-state index >= 15 is 0 Å². The molecule has 0 radical (unpaired) electrons. The molecular formula is C15H16ClNO3. The van der Waals surface area contributed by atoms with Crippen LogP contribution in [-0.4, -0.2) is 12.5 Å². The second-order valence-corrected chi connectivity index (χ2v) is 4.56. The molecule has 106 valence electrons. The molecule has 0 atom stereocenters. The number of ether oxygens (including phenoxy) is 1. The van der Waals surface area contributed by atoms with E-state index < -0.39 is 0 Å². The molecule has 1 aromatic heterocycles. The van der Waals surface area contributed by atoms with Gasteiger partial charge in [0.25, 0.3) is 5.91 Å². The third kappa shape index (κ3) is 3.33. The van der Waals surface area contributed by atoms with E-state index in [2.05, 4.69) is 5.32 Å². The van der Waals surface area contributed by atoms with Gasteiger partial charge in [0, 0.05) is 11.3 Å². The molecule has 0 bridgehead atoms. The quantitative estimate of drug-likeness (QED) is 0.848. The van der Waals surface area contributed by atoms with Crippen LogP contribution in [0.5, 0.6) is 5.75 Å². The standard InChI is InChI=1S/C15H16ClNO3/c1-3-19-14-5-4-13(7-11(14)8-16)17-15(18)12-6-10(2)20-9-12/h4-7,9H,3,8H2,1-2H3,(H,17,18). The molecule has 0 aliphatic heterocycles. The van der Waals surface area contributed by atoms with Gasteiger partial charge in [0.15, 0.2) is 0 Å². The van der Waals surface area contributed by atoms with E-state index in [0.29, 0.717) is 29.5 Å². The smallest absolute Gasteiger partial charge is 0.258 e. The van der Waals surface area contributed by atoms with Gasteiger partial charge in [-0.3, -0.25) is 4.79 Å². The predicted octanol–water partition coefficient (Wildman–Crippen LogP) is 3.98. The first-order valence-corrected chi connectivity index (χ1v) is 6.85. The maximum atomic E-state index is 12.0. The Balaban J connectivity index is 2.15. The molecule has 0 unspecified atom stereocenters. The highest BCUT2D eigenvalue weighted by atomic mass is 35.5. The first kappa shape index (κ1) is 14.5. The molecule has 4 nitrogen and oxygen atoms in total. The summed E-state index contributed by atoms with van der Waals surface area (Å²) in [5.74, 6) is 1.54. The number of hydrogen-bond acceptors (Lipinski definition) is 3. The summed E-state index contributed by atoms with van der Waals surface area (Å²) in [6, 6.07) is 7.08. The Bertz CT molecular complexity index is 607. The van der Waals surface area contributed by atoms with Crippen LogP contribution in [0.2, 0.25) is 0 Å². The molecule has 0 saturated carbocycles. The van der Waals surface area contributed by atoms with Gasteiger partial charge in [-0.1, -0.05) is 0 Å². The molecule has 5 heteroatoms. The summed E-state index contributed by atoms with van der Waals surface area (Å²) < 4.78 is 10.6. The number of amides is 1. The van der Waals surface area contributed by atoms with Gasteiger partial charge in [-0.2, -0.15) is 0 Å². The number of rotatable bonds is 5. The van der Waals surface area contributed by atoms with Gasteiger partial charge in [0.2, 0.25) is 0 Å². The summed E-state index contributed by atoms with van der Waals surface area (Å²) in [6.45, 7) is 4.28. The Morgan fingerprint density at radius 3 is 2.80 bits per heavy atom. The molecule has 1 heterocycles. The van der Waals surface area contributed by atoms with Crippen molar-refractivity contribution in [1.82, 2.24) is 0 Å². The van der Waals surface area contributed by atoms with Crippen molar-refractivity contribution in [3.63, 3.8) is 0 Å². The van der Waals surface area contributed by atoms with Crippen LogP contribution in [-0.2, 0) is 5.88 Å². The lowest BCUT2D eigenvalue weighted by atomic mass is 10.2. The van der Waals surface area contributed by atoms with Gasteiger partial charge >= 0.3 is 0 Å². The van der Waals surface area contributed by atoms with Gasteiger partial charge in [-0.05, 0) is 38.1 Å². The second-order valence-electron chi connectivity index (χ2n) is 4.29. The number of nitrogens with one attached hydrogen (secondary N) is 1. The number of furan rings is 1. The summed E-state index contributed by atoms with van der Waals surface area (Å²) in [5.41, 5.74) is 2.01. The van der Waals surface area contributed by atoms with Crippen molar-refractivity contribution in [3.8, 4) is 5.75 Å². The highest BCUT2D eigenvalue weighted by Gasteiger charge is 2.10. The monoisotopic (exact) mass is 293 g/mol. The number of benzene rings is 1. The molecule has 0 aliphatic carbocycles. The third-order valence-electron chi connectivity index (χ3n) is 2.75. The number of aryl methyl sites for hydroxylation is 1. The Morgan fingerprint density at radius 1 is 1.40 bits per heavy atom. The first-order chi connectivity index (χ1) is 9.63. The van der Waals surface area contributed by atoms with Crippen LogP contribution >= 0.6 is 11.6 Å². The van der Waals surface area contributed by atoms with Crippen molar-refractivity contribution >= 4 is 23.2 Å². The molecule has 0 fully saturated rings. The fourth-order valence-electron chi connectivity index (χ4n) is 1.82. The van der Waals surface area contributed by atoms with E-state index in [0.717, 1.165) is 11.3 Å². The summed E-state index contributed by atoms with van der Waals surface area (Å²) in [5, 5.41) is 2.80. The van der Waals surface area contributed by atoms with Gasteiger partial charge in [0.05, 0.1) is 18.1 Å². The van der Waals surface area contributed by atoms with Crippen molar-refractivity contribution in [2.24, 2.45) is 0 Å². The average Bonchev–Trinajstić information content (AvgIpc) is 2.87. The van der Waals surface area contributed by atoms with E-state index in [1.165, 1.54) is 6.26 Å². The van der Waals surface area contributed by atoms with Crippen LogP contribution in [0.25, 0.3) is 0 Å². The van der Waals surface area contributed by atoms with Crippen LogP contribution in [0.4, 0.5) is 5.69 Å². The zero-order valence-corrected chi connectivity index (χ0v) is 12.2. The van der Waals surface area contributed by atoms with Gasteiger partial charge in [0.1, 0.15) is 17.8 Å². The van der Waals surface area contributed by atoms with E-state index in [4.69, 9.17) is 20.8 Å². The molecular weight excluding hydrogens is 278 g/mol. The number of carbonyl (C=O) groups excluding carboxylic acids is 1. The summed E-state index contributed by atoms with van der Waals surface area (Å²) >= 11 is 5.89. The molecule has 1 aromatic carbocycles. The summed E-state index contributed by atoms with van der Waals surface area (Å²) in [7, 11) is 0. The first-order valence-electron chi connectivity index (χ1n) is 6.32. The van der Waals surface area contributed by atoms with Crippen molar-refractivity contribution in [1.29, 1.82) is 0 Å². The molecule has 0 aliphatic rings. The average molecular weight is 294 g/mol. The van der Waals surface area contributed by atoms with E-state index in [1.807, 2.05) is 13.0 Å². The lowest BCUT2D eigenvalue weighted by Crippen LogP contribution is -2.11. The highest BCUT2D eigenvalue weighted by Crippen LogP contribution is 2.25. The predicted molar refractivity (Wildman–Crippen MR) is 78.6 cm³/mol. The fourth-order valence-corrected chi connectivity index (χ4v) is 2.03. The molecule has 20 heavy (non-hydrogen) atoms. The minimum absolute atomic E-state index is 0.216. The number of anilines is 1. The van der Waals surface area contributed by atoms with Crippen LogP contribution in [0, 0.1) is 6.92 Å². The summed E-state index contributed by atoms with van der Waals surface area (Å²) in [6.07, 6.45) is 1.43. The van der Waals surface area contributed by atoms with Crippen molar-refractivity contribution in [2.75, 3.05) is 11.9 Å². The van der Waals surface area contributed by atoms with Gasteiger partial charge in [-0.25, -0.2) is 0 Å². The lowest BCUT2D eigenvalue weighted by molar-refractivity contribution is 0.102. The lowest BCUT2D eigenvalue weighted by Gasteiger charge is -2.10. The molecule has 2 aromatic rings. The summed E-state index contributed by atoms with van der Waals surface area (Å²) in [4.78, 5) is 12.0. The fraction of sp³-hybridized carbons (Fsp3) is 0.267. The molecule has 0 spiro atoms. The Hall–Kier alpha value is -1.94. The molecule has 1 N–H and O–H groups in total. The third-order valence-corrected chi connectivity index (χ3v) is 3.04. The topological polar surface area (TPSA) is 51.5 Å². The minimum Gasteiger partial charge on any atom is -0.494 e. The Labute approximate surface area is 122 Å². The number of halogens is 1. The van der Waals surface area contributed by atoms with Gasteiger partial charge in [-0.15, -0.1) is 11.6 Å². The molecule has 2 rings (SSSR count). The Kier molecular flexibility index (Phi) is 4.69. The van der Waals surface area contributed by atoms with E-state index in [1.54, 1.807) is 25.1 Å². The minimum atomic E-state index is -0.216. The van der Waals surface area contributed by atoms with E-state index in [-0.39, 0.29) is 5.91 Å². The highest BCUT2D eigenvalue weighted by molar-refractivity contribution is 6.17. The van der Waals surface area contributed by atoms with Crippen LogP contribution < -0.4 is 10.1 Å². The maximum absolute atomic E-state index is 12.0. The maximum Gasteiger partial charge on any atom is 0.258 e. The number of alkyl halides is 1. The van der Waals surface area contributed by atoms with Crippen LogP contribution in [0.1, 0.15) is 28.6 Å². The molecule has 1 amide bonds. The van der Waals surface area contributed by atoms with Gasteiger partial charge < -0.3 is 14.5 Å². The van der Waals surface area contributed by atoms with Crippen LogP contribution in [0.3, 0.4) is 0 Å². The van der Waals surface area contributed by atoms with E-state index in [9.17, 15) is 4.79 Å². The normalized spacial score (nSPS) is 10.3. The zero-order chi connectivity index (χ0) is 14.5. The van der Waals surface area contributed by atoms with Crippen molar-refractivity contribution in [2.45, 2.75) is 19.7 Å². The zero-order valence-electron chi connectivity index (χ0n) is 11.4. The number of hydrogen-bond donors (Lipinski definition) is 1. The number of carbonyl (C=O) groups is 1. The Morgan fingerprint density at radius 2 is 2.20 bits per heavy atom. The second kappa shape index (κ2) is 6.48. The largest absolute Gasteiger partial charge is 0.494 e. The molecule has 0 saturated heterocycles. The van der Waals surface area contributed by atoms with Crippen LogP contribution in [0.15, 0.2) is 34.9 Å².